The number of pyridine rings is 1. The summed E-state index contributed by atoms with van der Waals surface area (Å²) in [6.45, 7) is 14.5. The van der Waals surface area contributed by atoms with Crippen molar-refractivity contribution in [1.29, 1.82) is 0 Å². The molecule has 3 N–H and O–H groups in total. The summed E-state index contributed by atoms with van der Waals surface area (Å²) >= 11 is 0. The first-order valence-corrected chi connectivity index (χ1v) is 19.2. The van der Waals surface area contributed by atoms with Crippen molar-refractivity contribution < 1.29 is 19.7 Å². The number of aliphatic hydroxyl groups excluding tert-OH is 2. The summed E-state index contributed by atoms with van der Waals surface area (Å²) in [5.41, 5.74) is 9.82. The molecule has 8 heteroatoms. The Labute approximate surface area is 290 Å². The molecule has 250 valence electrons. The zero-order valence-electron chi connectivity index (χ0n) is 28.4. The fourth-order valence-electron chi connectivity index (χ4n) is 5.59. The largest absolute Gasteiger partial charge is 0.390 e. The average molecular weight is 673 g/mol. The first-order valence-electron chi connectivity index (χ1n) is 16.7. The number of nitrogens with one attached hydrogen (secondary N) is 1. The van der Waals surface area contributed by atoms with E-state index in [0.29, 0.717) is 13.1 Å². The van der Waals surface area contributed by atoms with E-state index in [1.165, 1.54) is 49.7 Å². The lowest BCUT2D eigenvalue weighted by molar-refractivity contribution is -0.788. The normalized spacial score (nSPS) is 14.9. The van der Waals surface area contributed by atoms with Crippen LogP contribution in [0.3, 0.4) is 0 Å². The van der Waals surface area contributed by atoms with Gasteiger partial charge < -0.3 is 20.0 Å². The van der Waals surface area contributed by atoms with Crippen molar-refractivity contribution in [3.8, 4) is 0 Å². The fraction of sp³-hybridized carbons (Fsp3) is 0.359. The summed E-state index contributed by atoms with van der Waals surface area (Å²) in [6, 6.07) is 22.0. The molecule has 2 heterocycles. The van der Waals surface area contributed by atoms with Crippen LogP contribution in [0, 0.1) is 0 Å². The third kappa shape index (κ3) is 11.4. The maximum absolute atomic E-state index is 9.19. The lowest BCUT2D eigenvalue weighted by atomic mass is 10.1. The minimum Gasteiger partial charge on any atom is -0.390 e. The lowest BCUT2D eigenvalue weighted by Crippen LogP contribution is -3.02. The summed E-state index contributed by atoms with van der Waals surface area (Å²) in [7, 11) is 3.93. The topological polar surface area (TPSA) is 55.3 Å². The quantitative estimate of drug-likeness (QED) is 0.0832. The highest BCUT2D eigenvalue weighted by Crippen LogP contribution is 2.25. The van der Waals surface area contributed by atoms with Gasteiger partial charge in [-0.05, 0) is 79.8 Å². The Morgan fingerprint density at radius 2 is 1.28 bits per heavy atom. The number of nitrogens with zero attached hydrogens (tertiary/aromatic N) is 3. The van der Waals surface area contributed by atoms with Gasteiger partial charge in [0.15, 0.2) is 18.9 Å². The number of hydrogen-bond acceptors (Lipinski definition) is 6. The van der Waals surface area contributed by atoms with Gasteiger partial charge in [0.2, 0.25) is 0 Å². The van der Waals surface area contributed by atoms with E-state index < -0.39 is 0 Å². The molecule has 1 atom stereocenters. The molecule has 0 saturated carbocycles. The molecular formula is C39H52N4O2S2+2. The van der Waals surface area contributed by atoms with Crippen molar-refractivity contribution in [2.75, 3.05) is 67.2 Å². The SMILES string of the molecule is CCN(CCSSCCN(CC)c1ccc(/C=C(\C)c2cc[n+](CCO)cc2)cc1)c1ccc(/C=C(\C)C2=C[NH+](CCO)C=C2)cc1. The number of aliphatic hydroxyl groups is 2. The van der Waals surface area contributed by atoms with Crippen LogP contribution in [0.25, 0.3) is 17.7 Å². The van der Waals surface area contributed by atoms with Gasteiger partial charge in [-0.15, -0.1) is 0 Å². The summed E-state index contributed by atoms with van der Waals surface area (Å²) < 4.78 is 1.99. The van der Waals surface area contributed by atoms with Gasteiger partial charge in [-0.25, -0.2) is 4.57 Å². The molecule has 0 amide bonds. The number of benzene rings is 2. The Bertz CT molecular complexity index is 1500. The van der Waals surface area contributed by atoms with Crippen LogP contribution in [-0.2, 0) is 6.54 Å². The molecule has 1 aromatic heterocycles. The number of rotatable bonds is 19. The van der Waals surface area contributed by atoms with Crippen molar-refractivity contribution in [2.45, 2.75) is 34.2 Å². The maximum Gasteiger partial charge on any atom is 0.171 e. The molecule has 47 heavy (non-hydrogen) atoms. The molecule has 0 saturated heterocycles. The molecule has 1 aliphatic heterocycles. The minimum atomic E-state index is 0.149. The van der Waals surface area contributed by atoms with Crippen molar-refractivity contribution in [2.24, 2.45) is 0 Å². The van der Waals surface area contributed by atoms with Crippen LogP contribution >= 0.6 is 21.6 Å². The van der Waals surface area contributed by atoms with Gasteiger partial charge >= 0.3 is 0 Å². The molecule has 2 aromatic carbocycles. The van der Waals surface area contributed by atoms with Crippen molar-refractivity contribution in [3.63, 3.8) is 0 Å². The van der Waals surface area contributed by atoms with Crippen LogP contribution in [0.15, 0.2) is 103 Å². The Morgan fingerprint density at radius 1 is 0.745 bits per heavy atom. The second kappa shape index (κ2) is 19.5. The predicted molar refractivity (Wildman–Crippen MR) is 205 cm³/mol. The molecule has 1 unspecified atom stereocenters. The van der Waals surface area contributed by atoms with Crippen LogP contribution in [0.4, 0.5) is 11.4 Å². The van der Waals surface area contributed by atoms with Crippen molar-refractivity contribution >= 4 is 50.7 Å². The van der Waals surface area contributed by atoms with E-state index in [0.717, 1.165) is 37.7 Å². The number of quaternary nitrogens is 1. The molecule has 0 bridgehead atoms. The first-order chi connectivity index (χ1) is 22.9. The van der Waals surface area contributed by atoms with E-state index in [1.54, 1.807) is 0 Å². The van der Waals surface area contributed by atoms with E-state index >= 15 is 0 Å². The molecule has 0 radical (unpaired) electrons. The highest BCUT2D eigenvalue weighted by atomic mass is 33.1. The molecule has 0 fully saturated rings. The molecule has 0 spiro atoms. The molecule has 6 nitrogen and oxygen atoms in total. The van der Waals surface area contributed by atoms with E-state index in [-0.39, 0.29) is 13.2 Å². The van der Waals surface area contributed by atoms with Gasteiger partial charge in [0.05, 0.1) is 12.8 Å². The molecule has 1 aliphatic rings. The van der Waals surface area contributed by atoms with Crippen molar-refractivity contribution in [3.05, 3.63) is 119 Å². The highest BCUT2D eigenvalue weighted by Gasteiger charge is 2.12. The number of anilines is 2. The summed E-state index contributed by atoms with van der Waals surface area (Å²) in [5, 5.41) is 18.3. The third-order valence-electron chi connectivity index (χ3n) is 8.40. The molecule has 0 aliphatic carbocycles. The van der Waals surface area contributed by atoms with Crippen molar-refractivity contribution in [1.82, 2.24) is 0 Å². The molecular weight excluding hydrogens is 621 g/mol. The standard InChI is InChI=1S/C39H51N4O2S2/c1-5-42(38-11-7-34(8-12-38)29-32(3)36-15-18-40(19-16-36)21-25-44)23-27-46-47-28-24-43(6-2)39-13-9-35(10-14-39)30-33(4)37-17-20-41(31-37)22-26-45/h7-20,29-31,44-45H,5-6,21-28H2,1-4H3/q+1/p+1/b33-30+. The van der Waals surface area contributed by atoms with Gasteiger partial charge in [-0.3, -0.25) is 4.90 Å². The Hall–Kier alpha value is -3.27. The highest BCUT2D eigenvalue weighted by molar-refractivity contribution is 8.76. The predicted octanol–water partition coefficient (Wildman–Crippen LogP) is 5.95. The average Bonchev–Trinajstić information content (AvgIpc) is 3.57. The zero-order chi connectivity index (χ0) is 33.4. The number of allylic oxidation sites excluding steroid dienone is 4. The maximum atomic E-state index is 9.19. The number of hydrogen-bond donors (Lipinski definition) is 3. The van der Waals surface area contributed by atoms with Gasteiger partial charge in [0, 0.05) is 72.8 Å². The second-order valence-electron chi connectivity index (χ2n) is 11.7. The molecule has 4 rings (SSSR count). The van der Waals surface area contributed by atoms with Gasteiger partial charge in [-0.1, -0.05) is 58.0 Å². The van der Waals surface area contributed by atoms with Crippen LogP contribution in [0.2, 0.25) is 0 Å². The van der Waals surface area contributed by atoms with Crippen LogP contribution < -0.4 is 19.3 Å². The Balaban J connectivity index is 1.19. The van der Waals surface area contributed by atoms with Crippen LogP contribution in [-0.4, -0.2) is 67.7 Å². The van der Waals surface area contributed by atoms with Crippen LogP contribution in [0.1, 0.15) is 44.4 Å². The van der Waals surface area contributed by atoms with Crippen LogP contribution in [0.5, 0.6) is 0 Å². The van der Waals surface area contributed by atoms with Gasteiger partial charge in [0.1, 0.15) is 19.4 Å². The smallest absolute Gasteiger partial charge is 0.171 e. The Morgan fingerprint density at radius 3 is 1.77 bits per heavy atom. The fourth-order valence-corrected chi connectivity index (χ4v) is 7.57. The summed E-state index contributed by atoms with van der Waals surface area (Å²) in [6.07, 6.45) is 14.9. The zero-order valence-corrected chi connectivity index (χ0v) is 30.1. The van der Waals surface area contributed by atoms with Gasteiger partial charge in [0.25, 0.3) is 0 Å². The van der Waals surface area contributed by atoms with Gasteiger partial charge in [-0.2, -0.15) is 0 Å². The monoisotopic (exact) mass is 672 g/mol. The molecule has 3 aromatic rings. The minimum absolute atomic E-state index is 0.149. The summed E-state index contributed by atoms with van der Waals surface area (Å²) in [5.74, 6) is 2.17. The second-order valence-corrected chi connectivity index (χ2v) is 14.4. The third-order valence-corrected chi connectivity index (χ3v) is 10.8. The summed E-state index contributed by atoms with van der Waals surface area (Å²) in [4.78, 5) is 6.09. The first kappa shape index (κ1) is 36.6. The number of aromatic nitrogens is 1. The van der Waals surface area contributed by atoms with E-state index in [2.05, 4.69) is 129 Å². The van der Waals surface area contributed by atoms with E-state index in [1.807, 2.05) is 38.5 Å². The van der Waals surface area contributed by atoms with E-state index in [4.69, 9.17) is 5.11 Å². The van der Waals surface area contributed by atoms with E-state index in [9.17, 15) is 5.11 Å². The lowest BCUT2D eigenvalue weighted by Gasteiger charge is -2.24. The Kier molecular flexibility index (Phi) is 15.2.